The first-order valence-electron chi connectivity index (χ1n) is 6.61. The number of hydrogen-bond acceptors (Lipinski definition) is 5. The fourth-order valence-electron chi connectivity index (χ4n) is 2.14. The third-order valence-electron chi connectivity index (χ3n) is 4.05. The Balaban J connectivity index is 1.88. The Morgan fingerprint density at radius 2 is 1.89 bits per heavy atom. The third-order valence-corrected chi connectivity index (χ3v) is 4.05. The normalized spacial score (nSPS) is 23.5. The maximum Gasteiger partial charge on any atom is 0.496 e. The van der Waals surface area contributed by atoms with Crippen molar-refractivity contribution in [3.05, 3.63) is 12.3 Å². The zero-order valence-corrected chi connectivity index (χ0v) is 11.8. The second kappa shape index (κ2) is 4.11. The molecular weight excluding hydrogens is 243 g/mol. The van der Waals surface area contributed by atoms with Crippen LogP contribution in [0.4, 0.5) is 5.82 Å². The summed E-state index contributed by atoms with van der Waals surface area (Å²) < 4.78 is 17.6. The smallest absolute Gasteiger partial charge is 0.488 e. The number of anilines is 1. The molecule has 2 aliphatic heterocycles. The number of rotatable bonds is 1. The zero-order chi connectivity index (χ0) is 13.7. The summed E-state index contributed by atoms with van der Waals surface area (Å²) in [6.07, 6.45) is 1.78. The van der Waals surface area contributed by atoms with Gasteiger partial charge in [-0.1, -0.05) is 0 Å². The van der Waals surface area contributed by atoms with E-state index in [1.165, 1.54) is 0 Å². The van der Waals surface area contributed by atoms with E-state index in [1.54, 1.807) is 6.20 Å². The van der Waals surface area contributed by atoms with E-state index in [9.17, 15) is 0 Å². The highest BCUT2D eigenvalue weighted by molar-refractivity contribution is 6.62. The van der Waals surface area contributed by atoms with Crippen LogP contribution in [0.25, 0.3) is 0 Å². The fourth-order valence-corrected chi connectivity index (χ4v) is 2.14. The van der Waals surface area contributed by atoms with Crippen molar-refractivity contribution in [2.75, 3.05) is 18.5 Å². The molecule has 0 atom stereocenters. The molecule has 0 amide bonds. The molecule has 0 saturated carbocycles. The van der Waals surface area contributed by atoms with Crippen LogP contribution in [0.1, 0.15) is 27.7 Å². The monoisotopic (exact) mass is 262 g/mol. The fraction of sp³-hybridized carbons (Fsp3) is 0.615. The molecule has 1 aromatic heterocycles. The summed E-state index contributed by atoms with van der Waals surface area (Å²) >= 11 is 0. The Kier molecular flexibility index (Phi) is 2.76. The number of ether oxygens (including phenoxy) is 1. The highest BCUT2D eigenvalue weighted by atomic mass is 16.7. The molecule has 1 saturated heterocycles. The molecule has 0 aliphatic carbocycles. The van der Waals surface area contributed by atoms with Crippen LogP contribution in [0.2, 0.25) is 0 Å². The molecule has 1 aromatic rings. The van der Waals surface area contributed by atoms with Gasteiger partial charge in [-0.2, -0.15) is 0 Å². The van der Waals surface area contributed by atoms with Gasteiger partial charge in [0.05, 0.1) is 17.7 Å². The van der Waals surface area contributed by atoms with E-state index in [2.05, 4.69) is 10.3 Å². The lowest BCUT2D eigenvalue weighted by molar-refractivity contribution is 0.00578. The molecule has 19 heavy (non-hydrogen) atoms. The van der Waals surface area contributed by atoms with Crippen LogP contribution in [0, 0.1) is 0 Å². The third kappa shape index (κ3) is 2.09. The predicted octanol–water partition coefficient (Wildman–Crippen LogP) is 1.19. The van der Waals surface area contributed by atoms with Gasteiger partial charge in [0.15, 0.2) is 11.6 Å². The average molecular weight is 262 g/mol. The van der Waals surface area contributed by atoms with Crippen molar-refractivity contribution >= 4 is 18.4 Å². The van der Waals surface area contributed by atoms with Crippen LogP contribution in [-0.2, 0) is 9.31 Å². The molecule has 0 spiro atoms. The van der Waals surface area contributed by atoms with Gasteiger partial charge in [-0.15, -0.1) is 0 Å². The molecule has 0 unspecified atom stereocenters. The molecule has 3 heterocycles. The first-order chi connectivity index (χ1) is 8.89. The summed E-state index contributed by atoms with van der Waals surface area (Å²) in [5.74, 6) is 1.55. The lowest BCUT2D eigenvalue weighted by atomic mass is 9.80. The molecule has 5 nitrogen and oxygen atoms in total. The number of pyridine rings is 1. The molecule has 1 fully saturated rings. The Labute approximate surface area is 113 Å². The van der Waals surface area contributed by atoms with Crippen LogP contribution >= 0.6 is 0 Å². The topological polar surface area (TPSA) is 52.6 Å². The number of nitrogens with one attached hydrogen (secondary N) is 1. The second-order valence-corrected chi connectivity index (χ2v) is 5.98. The van der Waals surface area contributed by atoms with Gasteiger partial charge >= 0.3 is 7.12 Å². The highest BCUT2D eigenvalue weighted by Crippen LogP contribution is 2.36. The minimum absolute atomic E-state index is 0.341. The summed E-state index contributed by atoms with van der Waals surface area (Å²) in [6.45, 7) is 9.60. The van der Waals surface area contributed by atoms with E-state index in [0.29, 0.717) is 6.61 Å². The zero-order valence-electron chi connectivity index (χ0n) is 11.8. The Morgan fingerprint density at radius 3 is 2.58 bits per heavy atom. The van der Waals surface area contributed by atoms with Gasteiger partial charge in [0, 0.05) is 11.7 Å². The van der Waals surface area contributed by atoms with E-state index in [-0.39, 0.29) is 11.2 Å². The van der Waals surface area contributed by atoms with Crippen molar-refractivity contribution in [3.63, 3.8) is 0 Å². The summed E-state index contributed by atoms with van der Waals surface area (Å²) in [6, 6.07) is 1.94. The SMILES string of the molecule is CC1(C)OB(c2cnc3c(c2)OCCN3)OC1(C)C. The van der Waals surface area contributed by atoms with Crippen molar-refractivity contribution in [1.82, 2.24) is 4.98 Å². The lowest BCUT2D eigenvalue weighted by Gasteiger charge is -2.32. The maximum absolute atomic E-state index is 6.00. The minimum atomic E-state index is -0.395. The number of fused-ring (bicyclic) bond motifs is 1. The van der Waals surface area contributed by atoms with Crippen molar-refractivity contribution in [2.24, 2.45) is 0 Å². The van der Waals surface area contributed by atoms with Crippen LogP contribution in [-0.4, -0.2) is 36.5 Å². The van der Waals surface area contributed by atoms with E-state index in [1.807, 2.05) is 33.8 Å². The highest BCUT2D eigenvalue weighted by Gasteiger charge is 2.52. The summed E-state index contributed by atoms with van der Waals surface area (Å²) in [7, 11) is -0.395. The van der Waals surface area contributed by atoms with Gasteiger partial charge in [0.25, 0.3) is 0 Å². The largest absolute Gasteiger partial charge is 0.496 e. The maximum atomic E-state index is 6.00. The van der Waals surface area contributed by atoms with Crippen LogP contribution in [0.5, 0.6) is 5.75 Å². The van der Waals surface area contributed by atoms with Gasteiger partial charge in [0.2, 0.25) is 0 Å². The quantitative estimate of drug-likeness (QED) is 0.770. The molecule has 6 heteroatoms. The summed E-state index contributed by atoms with van der Waals surface area (Å²) in [4.78, 5) is 4.36. The van der Waals surface area contributed by atoms with E-state index in [4.69, 9.17) is 14.0 Å². The Morgan fingerprint density at radius 1 is 1.21 bits per heavy atom. The van der Waals surface area contributed by atoms with Gasteiger partial charge < -0.3 is 19.4 Å². The summed E-state index contributed by atoms with van der Waals surface area (Å²) in [5.41, 5.74) is 0.209. The predicted molar refractivity (Wildman–Crippen MR) is 73.9 cm³/mol. The van der Waals surface area contributed by atoms with Crippen molar-refractivity contribution in [3.8, 4) is 5.75 Å². The summed E-state index contributed by atoms with van der Waals surface area (Å²) in [5, 5.41) is 3.20. The first kappa shape index (κ1) is 12.8. The van der Waals surface area contributed by atoms with E-state index >= 15 is 0 Å². The van der Waals surface area contributed by atoms with Gasteiger partial charge in [-0.25, -0.2) is 4.98 Å². The van der Waals surface area contributed by atoms with Gasteiger partial charge in [0.1, 0.15) is 6.61 Å². The van der Waals surface area contributed by atoms with Crippen LogP contribution in [0.15, 0.2) is 12.3 Å². The molecule has 0 aromatic carbocycles. The molecule has 2 aliphatic rings. The molecule has 1 N–H and O–H groups in total. The van der Waals surface area contributed by atoms with Crippen LogP contribution in [0.3, 0.4) is 0 Å². The molecule has 102 valence electrons. The van der Waals surface area contributed by atoms with Crippen molar-refractivity contribution in [2.45, 2.75) is 38.9 Å². The number of hydrogen-bond donors (Lipinski definition) is 1. The van der Waals surface area contributed by atoms with Gasteiger partial charge in [-0.3, -0.25) is 0 Å². The standard InChI is InChI=1S/C13H19BN2O3/c1-12(2)13(3,4)19-14(18-12)9-7-10-11(16-8-9)15-5-6-17-10/h7-8H,5-6H2,1-4H3,(H,15,16). The lowest BCUT2D eigenvalue weighted by Crippen LogP contribution is -2.41. The number of aromatic nitrogens is 1. The van der Waals surface area contributed by atoms with E-state index in [0.717, 1.165) is 23.6 Å². The average Bonchev–Trinajstić information content (AvgIpc) is 2.58. The molecular formula is C13H19BN2O3. The minimum Gasteiger partial charge on any atom is -0.488 e. The van der Waals surface area contributed by atoms with Crippen LogP contribution < -0.4 is 15.5 Å². The van der Waals surface area contributed by atoms with Crippen molar-refractivity contribution < 1.29 is 14.0 Å². The molecule has 0 bridgehead atoms. The van der Waals surface area contributed by atoms with Crippen molar-refractivity contribution in [1.29, 1.82) is 0 Å². The second-order valence-electron chi connectivity index (χ2n) is 5.98. The van der Waals surface area contributed by atoms with E-state index < -0.39 is 7.12 Å². The first-order valence-corrected chi connectivity index (χ1v) is 6.61. The van der Waals surface area contributed by atoms with Gasteiger partial charge in [-0.05, 0) is 33.8 Å². The molecule has 0 radical (unpaired) electrons. The number of nitrogens with zero attached hydrogens (tertiary/aromatic N) is 1. The Hall–Kier alpha value is -1.27. The molecule has 3 rings (SSSR count). The Bertz CT molecular complexity index is 489.